The molecule has 3 rings (SSSR count). The van der Waals surface area contributed by atoms with Crippen LogP contribution in [0, 0.1) is 5.82 Å². The van der Waals surface area contributed by atoms with Crippen LogP contribution in [0.3, 0.4) is 0 Å². The number of para-hydroxylation sites is 2. The first-order valence-electron chi connectivity index (χ1n) is 8.48. The molecule has 0 bridgehead atoms. The molecule has 0 saturated carbocycles. The lowest BCUT2D eigenvalue weighted by molar-refractivity contribution is -0.113. The quantitative estimate of drug-likeness (QED) is 0.459. The highest BCUT2D eigenvalue weighted by Gasteiger charge is 2.17. The zero-order valence-electron chi connectivity index (χ0n) is 15.3. The summed E-state index contributed by atoms with van der Waals surface area (Å²) in [7, 11) is 1.54. The molecular weight excluding hydrogens is 379 g/mol. The van der Waals surface area contributed by atoms with Crippen LogP contribution in [0.25, 0.3) is 11.4 Å². The fourth-order valence-corrected chi connectivity index (χ4v) is 3.34. The van der Waals surface area contributed by atoms with Crippen LogP contribution in [0.4, 0.5) is 10.1 Å². The first kappa shape index (κ1) is 19.6. The lowest BCUT2D eigenvalue weighted by Crippen LogP contribution is -2.15. The highest BCUT2D eigenvalue weighted by atomic mass is 32.2. The zero-order chi connectivity index (χ0) is 19.9. The van der Waals surface area contributed by atoms with Crippen molar-refractivity contribution in [2.45, 2.75) is 11.7 Å². The minimum absolute atomic E-state index is 0.116. The lowest BCUT2D eigenvalue weighted by atomic mass is 10.2. The summed E-state index contributed by atoms with van der Waals surface area (Å²) in [4.78, 5) is 12.3. The van der Waals surface area contributed by atoms with Crippen LogP contribution in [0.2, 0.25) is 0 Å². The summed E-state index contributed by atoms with van der Waals surface area (Å²) >= 11 is 1.22. The average molecular weight is 398 g/mol. The van der Waals surface area contributed by atoms with Crippen LogP contribution in [0.5, 0.6) is 5.75 Å². The first-order valence-corrected chi connectivity index (χ1v) is 9.47. The largest absolute Gasteiger partial charge is 0.495 e. The number of carbonyl (C=O) groups is 1. The van der Waals surface area contributed by atoms with Gasteiger partial charge in [-0.25, -0.2) is 4.39 Å². The van der Waals surface area contributed by atoms with E-state index in [1.807, 2.05) is 12.1 Å². The van der Waals surface area contributed by atoms with Crippen LogP contribution in [-0.4, -0.2) is 33.5 Å². The van der Waals surface area contributed by atoms with E-state index in [0.29, 0.717) is 34.5 Å². The molecule has 0 saturated heterocycles. The lowest BCUT2D eigenvalue weighted by Gasteiger charge is -2.10. The van der Waals surface area contributed by atoms with Crippen molar-refractivity contribution in [1.29, 1.82) is 0 Å². The van der Waals surface area contributed by atoms with E-state index in [1.54, 1.807) is 48.1 Å². The second kappa shape index (κ2) is 9.18. The van der Waals surface area contributed by atoms with Crippen molar-refractivity contribution < 1.29 is 13.9 Å². The van der Waals surface area contributed by atoms with Crippen LogP contribution in [-0.2, 0) is 11.3 Å². The molecule has 0 aliphatic carbocycles. The van der Waals surface area contributed by atoms with Crippen LogP contribution >= 0.6 is 11.8 Å². The average Bonchev–Trinajstić information content (AvgIpc) is 3.10. The Balaban J connectivity index is 1.75. The molecule has 1 heterocycles. The molecule has 0 radical (unpaired) electrons. The Morgan fingerprint density at radius 3 is 2.75 bits per heavy atom. The number of allylic oxidation sites excluding steroid dienone is 1. The standard InChI is InChI=1S/C20H19FN4O2S/c1-3-12-25-19(14-8-4-5-9-15(14)21)23-24-20(25)28-13-18(26)22-16-10-6-7-11-17(16)27-2/h3-11H,1,12-13H2,2H3,(H,22,26). The van der Waals surface area contributed by atoms with Gasteiger partial charge >= 0.3 is 0 Å². The molecule has 8 heteroatoms. The topological polar surface area (TPSA) is 69.0 Å². The molecule has 0 fully saturated rings. The van der Waals surface area contributed by atoms with Gasteiger partial charge in [-0.3, -0.25) is 9.36 Å². The van der Waals surface area contributed by atoms with E-state index < -0.39 is 0 Å². The van der Waals surface area contributed by atoms with Crippen LogP contribution in [0.15, 0.2) is 66.3 Å². The summed E-state index contributed by atoms with van der Waals surface area (Å²) in [6.45, 7) is 4.13. The Kier molecular flexibility index (Phi) is 6.44. The van der Waals surface area contributed by atoms with E-state index in [9.17, 15) is 9.18 Å². The first-order chi connectivity index (χ1) is 13.6. The number of nitrogens with zero attached hydrogens (tertiary/aromatic N) is 3. The summed E-state index contributed by atoms with van der Waals surface area (Å²) in [6, 6.07) is 13.5. The maximum atomic E-state index is 14.1. The van der Waals surface area contributed by atoms with E-state index in [0.717, 1.165) is 0 Å². The van der Waals surface area contributed by atoms with Crippen molar-refractivity contribution in [2.75, 3.05) is 18.2 Å². The fourth-order valence-electron chi connectivity index (χ4n) is 2.60. The SMILES string of the molecule is C=CCn1c(SCC(=O)Nc2ccccc2OC)nnc1-c1ccccc1F. The number of aromatic nitrogens is 3. The highest BCUT2D eigenvalue weighted by Crippen LogP contribution is 2.27. The van der Waals surface area contributed by atoms with Gasteiger partial charge in [0, 0.05) is 6.54 Å². The Bertz CT molecular complexity index is 990. The van der Waals surface area contributed by atoms with Gasteiger partial charge in [-0.05, 0) is 24.3 Å². The summed E-state index contributed by atoms with van der Waals surface area (Å²) in [5.74, 6) is 0.494. The van der Waals surface area contributed by atoms with E-state index in [4.69, 9.17) is 4.74 Å². The Morgan fingerprint density at radius 2 is 2.00 bits per heavy atom. The van der Waals surface area contributed by atoms with Gasteiger partial charge in [-0.2, -0.15) is 0 Å². The van der Waals surface area contributed by atoms with Gasteiger partial charge in [-0.1, -0.05) is 42.1 Å². The van der Waals surface area contributed by atoms with E-state index in [-0.39, 0.29) is 17.5 Å². The number of benzene rings is 2. The summed E-state index contributed by atoms with van der Waals surface area (Å²) in [5, 5.41) is 11.5. The van der Waals surface area contributed by atoms with Crippen molar-refractivity contribution in [2.24, 2.45) is 0 Å². The second-order valence-electron chi connectivity index (χ2n) is 5.72. The van der Waals surface area contributed by atoms with E-state index in [1.165, 1.54) is 17.8 Å². The number of hydrogen-bond acceptors (Lipinski definition) is 5. The molecule has 144 valence electrons. The predicted molar refractivity (Wildman–Crippen MR) is 108 cm³/mol. The molecule has 2 aromatic carbocycles. The summed E-state index contributed by atoms with van der Waals surface area (Å²) in [6.07, 6.45) is 1.67. The van der Waals surface area contributed by atoms with Gasteiger partial charge in [0.05, 0.1) is 24.1 Å². The molecular formula is C20H19FN4O2S. The molecule has 0 aliphatic rings. The molecule has 0 unspecified atom stereocenters. The number of rotatable bonds is 8. The molecule has 1 aromatic heterocycles. The van der Waals surface area contributed by atoms with E-state index in [2.05, 4.69) is 22.1 Å². The Hall–Kier alpha value is -3.13. The van der Waals surface area contributed by atoms with Crippen molar-refractivity contribution in [1.82, 2.24) is 14.8 Å². The van der Waals surface area contributed by atoms with Gasteiger partial charge in [0.15, 0.2) is 11.0 Å². The minimum Gasteiger partial charge on any atom is -0.495 e. The fraction of sp³-hybridized carbons (Fsp3) is 0.150. The number of amides is 1. The van der Waals surface area contributed by atoms with Gasteiger partial charge in [0.25, 0.3) is 0 Å². The number of carbonyl (C=O) groups excluding carboxylic acids is 1. The number of anilines is 1. The number of methoxy groups -OCH3 is 1. The Morgan fingerprint density at radius 1 is 1.25 bits per heavy atom. The third-order valence-corrected chi connectivity index (χ3v) is 4.82. The van der Waals surface area contributed by atoms with Crippen molar-refractivity contribution in [3.63, 3.8) is 0 Å². The van der Waals surface area contributed by atoms with Gasteiger partial charge in [-0.15, -0.1) is 16.8 Å². The van der Waals surface area contributed by atoms with Gasteiger partial charge < -0.3 is 10.1 Å². The molecule has 28 heavy (non-hydrogen) atoms. The maximum absolute atomic E-state index is 14.1. The minimum atomic E-state index is -0.384. The molecule has 0 spiro atoms. The molecule has 6 nitrogen and oxygen atoms in total. The molecule has 1 amide bonds. The maximum Gasteiger partial charge on any atom is 0.234 e. The molecule has 0 atom stereocenters. The zero-order valence-corrected chi connectivity index (χ0v) is 16.1. The van der Waals surface area contributed by atoms with Crippen LogP contribution in [0.1, 0.15) is 0 Å². The molecule has 1 N–H and O–H groups in total. The number of thioether (sulfide) groups is 1. The normalized spacial score (nSPS) is 10.5. The molecule has 0 aliphatic heterocycles. The van der Waals surface area contributed by atoms with Crippen molar-refractivity contribution >= 4 is 23.4 Å². The Labute approximate surface area is 166 Å². The summed E-state index contributed by atoms with van der Waals surface area (Å²) < 4.78 is 21.1. The van der Waals surface area contributed by atoms with Crippen LogP contribution < -0.4 is 10.1 Å². The number of nitrogens with one attached hydrogen (secondary N) is 1. The number of hydrogen-bond donors (Lipinski definition) is 1. The highest BCUT2D eigenvalue weighted by molar-refractivity contribution is 7.99. The summed E-state index contributed by atoms with van der Waals surface area (Å²) in [5.41, 5.74) is 0.942. The monoisotopic (exact) mass is 398 g/mol. The third-order valence-electron chi connectivity index (χ3n) is 3.86. The number of halogens is 1. The van der Waals surface area contributed by atoms with Gasteiger partial charge in [0.1, 0.15) is 11.6 Å². The van der Waals surface area contributed by atoms with E-state index >= 15 is 0 Å². The number of ether oxygens (including phenoxy) is 1. The van der Waals surface area contributed by atoms with Gasteiger partial charge in [0.2, 0.25) is 5.91 Å². The van der Waals surface area contributed by atoms with Crippen molar-refractivity contribution in [3.8, 4) is 17.1 Å². The molecule has 3 aromatic rings. The predicted octanol–water partition coefficient (Wildman–Crippen LogP) is 4.01. The van der Waals surface area contributed by atoms with Crippen molar-refractivity contribution in [3.05, 3.63) is 67.0 Å². The third kappa shape index (κ3) is 4.40. The smallest absolute Gasteiger partial charge is 0.234 e. The second-order valence-corrected chi connectivity index (χ2v) is 6.66.